The lowest BCUT2D eigenvalue weighted by Gasteiger charge is -2.52. The Morgan fingerprint density at radius 3 is 0.825 bits per heavy atom. The summed E-state index contributed by atoms with van der Waals surface area (Å²) in [5.74, 6) is 0. The van der Waals surface area contributed by atoms with Crippen molar-refractivity contribution in [3.63, 3.8) is 0 Å². The molecule has 103 heavy (non-hydrogen) atoms. The lowest BCUT2D eigenvalue weighted by Crippen LogP contribution is -2.69. The van der Waals surface area contributed by atoms with E-state index in [4.69, 9.17) is 166 Å². The van der Waals surface area contributed by atoms with Crippen LogP contribution in [-0.2, 0) is 166 Å². The molecular formula is C68H112O35. The van der Waals surface area contributed by atoms with Gasteiger partial charge in [0.25, 0.3) is 0 Å². The Morgan fingerprint density at radius 2 is 0.524 bits per heavy atom. The van der Waals surface area contributed by atoms with Gasteiger partial charge in [-0.2, -0.15) is 0 Å². The Kier molecular flexibility index (Phi) is 32.5. The second kappa shape index (κ2) is 40.1. The first-order valence-electron chi connectivity index (χ1n) is 34.5. The van der Waals surface area contributed by atoms with Gasteiger partial charge < -0.3 is 166 Å². The van der Waals surface area contributed by atoms with Gasteiger partial charge in [0.2, 0.25) is 0 Å². The molecule has 19 unspecified atom stereocenters. The molecule has 9 fully saturated rings. The molecule has 9 aliphatic rings. The van der Waals surface area contributed by atoms with E-state index in [0.717, 1.165) is 5.56 Å². The Morgan fingerprint density at radius 1 is 0.252 bits per heavy atom. The number of ether oxygens (including phenoxy) is 35. The van der Waals surface area contributed by atoms with Crippen molar-refractivity contribution >= 4 is 0 Å². The van der Waals surface area contributed by atoms with Gasteiger partial charge in [0.1, 0.15) is 171 Å². The highest BCUT2D eigenvalue weighted by atomic mass is 16.8. The van der Waals surface area contributed by atoms with Gasteiger partial charge in [-0.25, -0.2) is 0 Å². The molecule has 10 rings (SSSR count). The average molecular weight is 1490 g/mol. The van der Waals surface area contributed by atoms with Crippen molar-refractivity contribution in [2.24, 2.45) is 0 Å². The van der Waals surface area contributed by atoms with E-state index in [1.165, 1.54) is 92.4 Å². The molecule has 0 N–H and O–H groups in total. The molecule has 36 atom stereocenters. The van der Waals surface area contributed by atoms with Crippen molar-refractivity contribution in [3.05, 3.63) is 35.9 Å². The summed E-state index contributed by atoms with van der Waals surface area (Å²) in [6.07, 6.45) is -31.9. The summed E-state index contributed by atoms with van der Waals surface area (Å²) in [4.78, 5) is 0. The molecule has 9 heterocycles. The minimum absolute atomic E-state index is 0.0155. The van der Waals surface area contributed by atoms with Crippen molar-refractivity contribution in [1.82, 2.24) is 0 Å². The number of hydrogen-bond donors (Lipinski definition) is 0. The zero-order chi connectivity index (χ0) is 73.6. The van der Waals surface area contributed by atoms with Crippen LogP contribution in [0.5, 0.6) is 0 Å². The van der Waals surface area contributed by atoms with E-state index in [0.29, 0.717) is 0 Å². The van der Waals surface area contributed by atoms with Crippen LogP contribution in [-0.4, -0.2) is 396 Å². The lowest BCUT2D eigenvalue weighted by atomic mass is 9.94. The summed E-state index contributed by atoms with van der Waals surface area (Å²) in [5.41, 5.74) is 0.851. The van der Waals surface area contributed by atoms with Gasteiger partial charge in [0, 0.05) is 141 Å². The van der Waals surface area contributed by atoms with E-state index in [9.17, 15) is 0 Å². The van der Waals surface area contributed by atoms with Crippen molar-refractivity contribution < 1.29 is 166 Å². The third-order valence-corrected chi connectivity index (χ3v) is 20.5. The topological polar surface area (TPSA) is 323 Å². The molecule has 0 saturated carbocycles. The fourth-order valence-corrected chi connectivity index (χ4v) is 15.7. The first kappa shape index (κ1) is 83.3. The van der Waals surface area contributed by atoms with E-state index in [1.54, 1.807) is 42.7 Å². The molecule has 0 spiro atoms. The first-order valence-corrected chi connectivity index (χ1v) is 34.5. The molecule has 35 nitrogen and oxygen atoms in total. The summed E-state index contributed by atoms with van der Waals surface area (Å²) in [6, 6.07) is 9.63. The molecule has 2 bridgehead atoms. The fourth-order valence-electron chi connectivity index (χ4n) is 15.7. The van der Waals surface area contributed by atoms with Crippen LogP contribution < -0.4 is 0 Å². The smallest absolute Gasteiger partial charge is 0.187 e. The highest BCUT2D eigenvalue weighted by Gasteiger charge is 2.62. The van der Waals surface area contributed by atoms with E-state index in [2.05, 4.69) is 0 Å². The quantitative estimate of drug-likeness (QED) is 0.0843. The van der Waals surface area contributed by atoms with Gasteiger partial charge in [0.15, 0.2) is 50.3 Å². The van der Waals surface area contributed by atoms with Crippen molar-refractivity contribution in [1.29, 1.82) is 0 Å². The molecule has 35 heteroatoms. The van der Waals surface area contributed by atoms with E-state index in [1.807, 2.05) is 30.3 Å². The maximum Gasteiger partial charge on any atom is 0.187 e. The van der Waals surface area contributed by atoms with E-state index >= 15 is 0 Å². The molecule has 0 aliphatic carbocycles. The summed E-state index contributed by atoms with van der Waals surface area (Å²) < 4.78 is 223. The molecular weight excluding hydrogens is 1380 g/mol. The van der Waals surface area contributed by atoms with Crippen LogP contribution in [0.2, 0.25) is 0 Å². The summed E-state index contributed by atoms with van der Waals surface area (Å²) >= 11 is 0. The zero-order valence-electron chi connectivity index (χ0n) is 62.4. The molecule has 0 amide bonds. The summed E-state index contributed by atoms with van der Waals surface area (Å²) in [7, 11) is 29.1. The molecule has 9 saturated heterocycles. The lowest BCUT2D eigenvalue weighted by molar-refractivity contribution is -0.406. The summed E-state index contributed by atoms with van der Waals surface area (Å²) in [6.45, 7) is 0.374. The van der Waals surface area contributed by atoms with E-state index in [-0.39, 0.29) is 46.2 Å². The number of methoxy groups -OCH3 is 19. The Hall–Kier alpha value is -2.18. The third-order valence-electron chi connectivity index (χ3n) is 20.5. The molecule has 0 aromatic heterocycles. The largest absolute Gasteiger partial charge is 0.382 e. The van der Waals surface area contributed by atoms with Crippen LogP contribution in [0.15, 0.2) is 30.3 Å². The molecule has 594 valence electrons. The van der Waals surface area contributed by atoms with Gasteiger partial charge in [-0.15, -0.1) is 0 Å². The Labute approximate surface area is 602 Å². The molecule has 9 aliphatic heterocycles. The second-order valence-corrected chi connectivity index (χ2v) is 26.0. The normalized spacial score (nSPS) is 45.2. The molecule has 1 aromatic rings. The van der Waals surface area contributed by atoms with Crippen LogP contribution in [0, 0.1) is 0 Å². The standard InChI is InChI=1S/C68H112O35/c1-69-25-33-40(48(75-7)55(82-14)63(91-33)99-41-34(26-70-2)93-65(57(84-16)49(41)76-8)101-43-36(28-72-4)95-67(59(86-18)51(43)78-10)103-46-38-31-89-62(90-38)54(81-13)47(46)74-6)98-64-56(83-15)50(77-9)42(35(92-64)27-71-3)100-66-58(85-17)52(79-11)44(37(94-66)29-73-5)102-68-60(87-19)53(80-12)45-39(96-68)30-88-61(97-45)32-23-21-20-22-24-32/h20-24,33-68H,25-31H2,1-19H3/t33?,34?,35?,36?,37?,38-,39?,40+,41+,42+,43+,44-,45-,46+,47?,48?,49-,50?,51-,52?,53?,54?,55?,56?,57?,58?,59?,60?,61?,62+,63-,64+,65-,66+,67-,68-/m0/s1. The van der Waals surface area contributed by atoms with Gasteiger partial charge in [-0.3, -0.25) is 0 Å². The maximum atomic E-state index is 7.05. The SMILES string of the molecule is COCC1O[C@@H](O[C@@H]2C(COC)O[C@@H](O[C@@H]3C(COC)O[C@@H](O[C@H]4C(OC)C(OC)[C@@H]5OC[C@@H]4O5)C(OC)[C@H]3OC)C(OC)[C@H]2OC)C(OC)C(OC)[C@@H]1O[C@H]1OC(COC)[C@@H](O[C@H]2OC(COC)[C@H](O[C@@H]3OC4COC(c5ccccc5)O[C@@H]4C(OC)C3OC)C(OC)C2OC)C(OC)C1OC. The fraction of sp³-hybridized carbons (Fsp3) is 0.912. The highest BCUT2D eigenvalue weighted by Crippen LogP contribution is 2.44. The Bertz CT molecular complexity index is 2560. The van der Waals surface area contributed by atoms with Crippen molar-refractivity contribution in [3.8, 4) is 0 Å². The highest BCUT2D eigenvalue weighted by molar-refractivity contribution is 5.17. The van der Waals surface area contributed by atoms with Crippen LogP contribution in [0.3, 0.4) is 0 Å². The van der Waals surface area contributed by atoms with Gasteiger partial charge in [-0.1, -0.05) is 30.3 Å². The predicted molar refractivity (Wildman–Crippen MR) is 346 cm³/mol. The predicted octanol–water partition coefficient (Wildman–Crippen LogP) is -0.0417. The van der Waals surface area contributed by atoms with Crippen LogP contribution in [0.25, 0.3) is 0 Å². The van der Waals surface area contributed by atoms with Crippen LogP contribution >= 0.6 is 0 Å². The van der Waals surface area contributed by atoms with Gasteiger partial charge >= 0.3 is 0 Å². The third kappa shape index (κ3) is 17.9. The van der Waals surface area contributed by atoms with Gasteiger partial charge in [0.05, 0.1) is 46.2 Å². The molecule has 1 aromatic carbocycles. The minimum Gasteiger partial charge on any atom is -0.382 e. The van der Waals surface area contributed by atoms with Crippen LogP contribution in [0.4, 0.5) is 0 Å². The van der Waals surface area contributed by atoms with Gasteiger partial charge in [-0.05, 0) is 0 Å². The Balaban J connectivity index is 0.836. The zero-order valence-corrected chi connectivity index (χ0v) is 62.4. The van der Waals surface area contributed by atoms with Crippen molar-refractivity contribution in [2.75, 3.05) is 181 Å². The summed E-state index contributed by atoms with van der Waals surface area (Å²) in [5, 5.41) is 0. The number of hydrogen-bond acceptors (Lipinski definition) is 35. The first-order chi connectivity index (χ1) is 50.2. The average Bonchev–Trinajstić information content (AvgIpc) is 0.981. The van der Waals surface area contributed by atoms with E-state index < -0.39 is 221 Å². The minimum atomic E-state index is -1.22. The van der Waals surface area contributed by atoms with Crippen LogP contribution in [0.1, 0.15) is 11.9 Å². The maximum absolute atomic E-state index is 7.05. The number of benzene rings is 1. The number of fused-ring (bicyclic) bond motifs is 3. The second-order valence-electron chi connectivity index (χ2n) is 26.0. The van der Waals surface area contributed by atoms with Crippen molar-refractivity contribution in [2.45, 2.75) is 221 Å². The monoisotopic (exact) mass is 1490 g/mol. The number of rotatable bonds is 37. The molecule has 0 radical (unpaired) electrons.